The van der Waals surface area contributed by atoms with Crippen LogP contribution in [-0.4, -0.2) is 29.6 Å². The van der Waals surface area contributed by atoms with Gasteiger partial charge in [-0.1, -0.05) is 0 Å². The SMILES string of the molecule is Cc1sc(NC(=O)[C@@H]2COC(=O)N2)nc1C12CC3CC(CC(C3)C1)C2. The van der Waals surface area contributed by atoms with Gasteiger partial charge in [-0.3, -0.25) is 4.79 Å². The number of amides is 2. The van der Waals surface area contributed by atoms with Gasteiger partial charge in [0.1, 0.15) is 12.6 Å². The van der Waals surface area contributed by atoms with Crippen LogP contribution < -0.4 is 10.6 Å². The number of carbonyl (C=O) groups excluding carboxylic acids is 2. The molecule has 6 nitrogen and oxygen atoms in total. The van der Waals surface area contributed by atoms with Gasteiger partial charge in [0.2, 0.25) is 0 Å². The summed E-state index contributed by atoms with van der Waals surface area (Å²) in [5.74, 6) is 2.36. The molecule has 7 heteroatoms. The maximum Gasteiger partial charge on any atom is 0.407 e. The summed E-state index contributed by atoms with van der Waals surface area (Å²) in [6.45, 7) is 2.21. The fourth-order valence-corrected chi connectivity index (χ4v) is 7.00. The van der Waals surface area contributed by atoms with Crippen LogP contribution in [0, 0.1) is 24.7 Å². The highest BCUT2D eigenvalue weighted by atomic mass is 32.1. The first-order valence-corrected chi connectivity index (χ1v) is 10.0. The number of carbonyl (C=O) groups is 2. The van der Waals surface area contributed by atoms with E-state index < -0.39 is 12.1 Å². The molecule has 6 rings (SSSR count). The number of nitrogens with zero attached hydrogens (tertiary/aromatic N) is 1. The molecule has 0 unspecified atom stereocenters. The zero-order chi connectivity index (χ0) is 17.2. The standard InChI is InChI=1S/C18H23N3O3S/c1-9-14(18-5-10-2-11(6-18)4-12(3-10)7-18)20-16(25-9)21-15(22)13-8-24-17(23)19-13/h10-13H,2-8H2,1H3,(H,19,23)(H,20,21,22)/t10?,11?,12?,13-,18?/m0/s1. The first-order valence-electron chi connectivity index (χ1n) is 9.23. The lowest BCUT2D eigenvalue weighted by atomic mass is 9.48. The molecule has 0 radical (unpaired) electrons. The van der Waals surface area contributed by atoms with Crippen LogP contribution in [0.1, 0.15) is 49.1 Å². The van der Waals surface area contributed by atoms with Crippen molar-refractivity contribution in [2.75, 3.05) is 11.9 Å². The topological polar surface area (TPSA) is 80.3 Å². The monoisotopic (exact) mass is 361 g/mol. The molecule has 1 aromatic heterocycles. The molecule has 1 atom stereocenters. The highest BCUT2D eigenvalue weighted by Gasteiger charge is 2.53. The van der Waals surface area contributed by atoms with Crippen LogP contribution in [0.4, 0.5) is 9.93 Å². The van der Waals surface area contributed by atoms with Gasteiger partial charge in [-0.05, 0) is 63.2 Å². The van der Waals surface area contributed by atoms with Gasteiger partial charge in [-0.25, -0.2) is 9.78 Å². The molecule has 5 aliphatic rings. The summed E-state index contributed by atoms with van der Waals surface area (Å²) in [4.78, 5) is 29.5. The summed E-state index contributed by atoms with van der Waals surface area (Å²) in [7, 11) is 0. The van der Waals surface area contributed by atoms with E-state index in [2.05, 4.69) is 17.6 Å². The molecule has 4 saturated carbocycles. The number of rotatable bonds is 3. The van der Waals surface area contributed by atoms with Crippen molar-refractivity contribution in [1.82, 2.24) is 10.3 Å². The zero-order valence-corrected chi connectivity index (χ0v) is 15.2. The first kappa shape index (κ1) is 15.6. The highest BCUT2D eigenvalue weighted by molar-refractivity contribution is 7.15. The van der Waals surface area contributed by atoms with Crippen molar-refractivity contribution in [3.8, 4) is 0 Å². The minimum absolute atomic E-state index is 0.0802. The van der Waals surface area contributed by atoms with E-state index in [1.54, 1.807) is 11.3 Å². The number of cyclic esters (lactones) is 1. The van der Waals surface area contributed by atoms with Crippen molar-refractivity contribution in [2.24, 2.45) is 17.8 Å². The van der Waals surface area contributed by atoms with Gasteiger partial charge >= 0.3 is 6.09 Å². The second-order valence-corrected chi connectivity index (χ2v) is 9.61. The van der Waals surface area contributed by atoms with E-state index in [0.717, 1.165) is 17.8 Å². The number of ether oxygens (including phenoxy) is 1. The summed E-state index contributed by atoms with van der Waals surface area (Å²) in [6.07, 6.45) is 7.50. The van der Waals surface area contributed by atoms with Gasteiger partial charge < -0.3 is 15.4 Å². The van der Waals surface area contributed by atoms with Crippen LogP contribution in [0.25, 0.3) is 0 Å². The second kappa shape index (κ2) is 5.43. The molecule has 134 valence electrons. The Kier molecular flexibility index (Phi) is 3.39. The first-order chi connectivity index (χ1) is 12.0. The highest BCUT2D eigenvalue weighted by Crippen LogP contribution is 2.61. The summed E-state index contributed by atoms with van der Waals surface area (Å²) < 4.78 is 4.79. The summed E-state index contributed by atoms with van der Waals surface area (Å²) >= 11 is 1.55. The van der Waals surface area contributed by atoms with Crippen LogP contribution in [0.5, 0.6) is 0 Å². The number of hydrogen-bond acceptors (Lipinski definition) is 5. The molecule has 1 aliphatic heterocycles. The number of nitrogens with one attached hydrogen (secondary N) is 2. The van der Waals surface area contributed by atoms with Crippen LogP contribution >= 0.6 is 11.3 Å². The number of hydrogen-bond donors (Lipinski definition) is 2. The molecule has 0 spiro atoms. The zero-order valence-electron chi connectivity index (χ0n) is 14.3. The Balaban J connectivity index is 1.37. The Morgan fingerprint density at radius 2 is 1.88 bits per heavy atom. The Morgan fingerprint density at radius 1 is 1.24 bits per heavy atom. The Morgan fingerprint density at radius 3 is 2.44 bits per heavy atom. The van der Waals surface area contributed by atoms with Gasteiger partial charge in [0.15, 0.2) is 5.13 Å². The smallest absolute Gasteiger partial charge is 0.407 e. The van der Waals surface area contributed by atoms with Crippen molar-refractivity contribution in [3.63, 3.8) is 0 Å². The van der Waals surface area contributed by atoms with Crippen molar-refractivity contribution in [1.29, 1.82) is 0 Å². The van der Waals surface area contributed by atoms with Gasteiger partial charge in [0.05, 0.1) is 5.69 Å². The Bertz CT molecular complexity index is 709. The molecule has 0 aromatic carbocycles. The average Bonchev–Trinajstić information content (AvgIpc) is 3.12. The molecule has 2 N–H and O–H groups in total. The molecular formula is C18H23N3O3S. The molecule has 5 fully saturated rings. The third-order valence-electron chi connectivity index (χ3n) is 6.56. The van der Waals surface area contributed by atoms with Crippen molar-refractivity contribution < 1.29 is 14.3 Å². The van der Waals surface area contributed by atoms with E-state index in [-0.39, 0.29) is 17.9 Å². The van der Waals surface area contributed by atoms with E-state index in [0.29, 0.717) is 5.13 Å². The van der Waals surface area contributed by atoms with Gasteiger partial charge in [0.25, 0.3) is 5.91 Å². The number of aryl methyl sites for hydroxylation is 1. The number of anilines is 1. The van der Waals surface area contributed by atoms with E-state index in [4.69, 9.17) is 9.72 Å². The molecule has 25 heavy (non-hydrogen) atoms. The fourth-order valence-electron chi connectivity index (χ4n) is 6.06. The molecule has 4 aliphatic carbocycles. The predicted octanol–water partition coefficient (Wildman–Crippen LogP) is 2.97. The van der Waals surface area contributed by atoms with E-state index >= 15 is 0 Å². The predicted molar refractivity (Wildman–Crippen MR) is 93.6 cm³/mol. The molecule has 4 bridgehead atoms. The van der Waals surface area contributed by atoms with Crippen LogP contribution in [0.15, 0.2) is 0 Å². The summed E-state index contributed by atoms with van der Waals surface area (Å²) in [5, 5.41) is 6.03. The largest absolute Gasteiger partial charge is 0.447 e. The lowest BCUT2D eigenvalue weighted by Gasteiger charge is -2.56. The van der Waals surface area contributed by atoms with Crippen molar-refractivity contribution >= 4 is 28.5 Å². The molecule has 2 amide bonds. The third-order valence-corrected chi connectivity index (χ3v) is 7.44. The normalized spacial score (nSPS) is 38.5. The van der Waals surface area contributed by atoms with E-state index in [1.165, 1.54) is 49.1 Å². The quantitative estimate of drug-likeness (QED) is 0.867. The lowest BCUT2D eigenvalue weighted by Crippen LogP contribution is -2.49. The molecule has 1 saturated heterocycles. The van der Waals surface area contributed by atoms with Gasteiger partial charge in [-0.2, -0.15) is 0 Å². The maximum absolute atomic E-state index is 12.3. The minimum Gasteiger partial charge on any atom is -0.447 e. The van der Waals surface area contributed by atoms with Crippen LogP contribution in [0.3, 0.4) is 0 Å². The molecular weight excluding hydrogens is 338 g/mol. The van der Waals surface area contributed by atoms with Crippen LogP contribution in [-0.2, 0) is 14.9 Å². The third kappa shape index (κ3) is 2.55. The number of aromatic nitrogens is 1. The average molecular weight is 361 g/mol. The Labute approximate surface area is 150 Å². The summed E-state index contributed by atoms with van der Waals surface area (Å²) in [6, 6.07) is -0.625. The van der Waals surface area contributed by atoms with Crippen LogP contribution in [0.2, 0.25) is 0 Å². The summed E-state index contributed by atoms with van der Waals surface area (Å²) in [5.41, 5.74) is 1.46. The molecule has 2 heterocycles. The van der Waals surface area contributed by atoms with Gasteiger partial charge in [-0.15, -0.1) is 11.3 Å². The maximum atomic E-state index is 12.3. The van der Waals surface area contributed by atoms with E-state index in [9.17, 15) is 9.59 Å². The van der Waals surface area contributed by atoms with Gasteiger partial charge in [0, 0.05) is 10.3 Å². The van der Waals surface area contributed by atoms with E-state index in [1.807, 2.05) is 0 Å². The lowest BCUT2D eigenvalue weighted by molar-refractivity contribution is -0.117. The fraction of sp³-hybridized carbons (Fsp3) is 0.722. The Hall–Kier alpha value is -1.63. The number of alkyl carbamates (subject to hydrolysis) is 1. The minimum atomic E-state index is -0.625. The second-order valence-electron chi connectivity index (χ2n) is 8.41. The van der Waals surface area contributed by atoms with Crippen molar-refractivity contribution in [2.45, 2.75) is 56.9 Å². The molecule has 1 aromatic rings. The van der Waals surface area contributed by atoms with Crippen molar-refractivity contribution in [3.05, 3.63) is 10.6 Å². The number of thiazole rings is 1.